The maximum atomic E-state index is 12.5. The van der Waals surface area contributed by atoms with Crippen molar-refractivity contribution >= 4 is 27.5 Å². The SMILES string of the molecule is Cc1cccc(C(=O)[O-])c1NS(=O)(=O)c1nc2nccc(C)n2n1. The molecule has 0 aliphatic carbocycles. The van der Waals surface area contributed by atoms with Gasteiger partial charge in [-0.05, 0) is 25.5 Å². The minimum Gasteiger partial charge on any atom is -0.545 e. The number of carbonyl (C=O) groups is 1. The fourth-order valence-electron chi connectivity index (χ4n) is 2.16. The number of aromatic nitrogens is 4. The molecule has 0 aliphatic heterocycles. The van der Waals surface area contributed by atoms with Crippen molar-refractivity contribution in [3.63, 3.8) is 0 Å². The largest absolute Gasteiger partial charge is 0.545 e. The lowest BCUT2D eigenvalue weighted by Gasteiger charge is -2.14. The van der Waals surface area contributed by atoms with Gasteiger partial charge in [0.25, 0.3) is 21.0 Å². The number of para-hydroxylation sites is 1. The number of hydrogen-bond acceptors (Lipinski definition) is 7. The molecule has 2 aromatic heterocycles. The molecule has 9 nitrogen and oxygen atoms in total. The lowest BCUT2D eigenvalue weighted by molar-refractivity contribution is -0.254. The number of aryl methyl sites for hydroxylation is 2. The molecule has 0 atom stereocenters. The van der Waals surface area contributed by atoms with Crippen molar-refractivity contribution in [1.82, 2.24) is 19.6 Å². The van der Waals surface area contributed by atoms with Gasteiger partial charge in [-0.15, -0.1) is 5.10 Å². The number of aromatic carboxylic acids is 1. The third-order valence-corrected chi connectivity index (χ3v) is 4.51. The molecule has 10 heteroatoms. The van der Waals surface area contributed by atoms with Crippen LogP contribution in [0.3, 0.4) is 0 Å². The van der Waals surface area contributed by atoms with E-state index in [1.165, 1.54) is 22.8 Å². The van der Waals surface area contributed by atoms with E-state index in [-0.39, 0.29) is 17.0 Å². The lowest BCUT2D eigenvalue weighted by atomic mass is 10.1. The summed E-state index contributed by atoms with van der Waals surface area (Å²) in [5, 5.41) is 14.6. The number of carboxylic acids is 1. The summed E-state index contributed by atoms with van der Waals surface area (Å²) in [7, 11) is -4.19. The van der Waals surface area contributed by atoms with Crippen LogP contribution in [-0.4, -0.2) is 34.0 Å². The van der Waals surface area contributed by atoms with Crippen molar-refractivity contribution in [1.29, 1.82) is 0 Å². The van der Waals surface area contributed by atoms with Crippen LogP contribution in [0.15, 0.2) is 35.6 Å². The van der Waals surface area contributed by atoms with Crippen LogP contribution >= 0.6 is 0 Å². The molecule has 0 bridgehead atoms. The van der Waals surface area contributed by atoms with Crippen LogP contribution in [0.25, 0.3) is 5.78 Å². The summed E-state index contributed by atoms with van der Waals surface area (Å²) in [5.41, 5.74) is 0.733. The van der Waals surface area contributed by atoms with Gasteiger partial charge in [-0.1, -0.05) is 18.2 Å². The Balaban J connectivity index is 2.09. The van der Waals surface area contributed by atoms with Crippen LogP contribution in [-0.2, 0) is 10.0 Å². The molecule has 1 aromatic carbocycles. The first kappa shape index (κ1) is 15.9. The fourth-order valence-corrected chi connectivity index (χ4v) is 3.18. The van der Waals surface area contributed by atoms with Gasteiger partial charge in [-0.25, -0.2) is 9.50 Å². The number of nitrogens with zero attached hydrogens (tertiary/aromatic N) is 4. The quantitative estimate of drug-likeness (QED) is 0.698. The van der Waals surface area contributed by atoms with E-state index >= 15 is 0 Å². The van der Waals surface area contributed by atoms with Gasteiger partial charge in [0.1, 0.15) is 0 Å². The first-order chi connectivity index (χ1) is 11.3. The number of carboxylic acid groups (broad SMARTS) is 1. The van der Waals surface area contributed by atoms with Gasteiger partial charge in [-0.2, -0.15) is 13.4 Å². The second-order valence-corrected chi connectivity index (χ2v) is 6.66. The molecule has 0 saturated carbocycles. The van der Waals surface area contributed by atoms with Crippen molar-refractivity contribution in [2.75, 3.05) is 4.72 Å². The van der Waals surface area contributed by atoms with E-state index in [9.17, 15) is 18.3 Å². The monoisotopic (exact) mass is 346 g/mol. The highest BCUT2D eigenvalue weighted by molar-refractivity contribution is 7.92. The summed E-state index contributed by atoms with van der Waals surface area (Å²) in [6.07, 6.45) is 1.48. The van der Waals surface area contributed by atoms with Gasteiger partial charge in [0.15, 0.2) is 0 Å². The van der Waals surface area contributed by atoms with Gasteiger partial charge in [-0.3, -0.25) is 4.72 Å². The second kappa shape index (κ2) is 5.57. The first-order valence-electron chi connectivity index (χ1n) is 6.82. The molecule has 1 N–H and O–H groups in total. The predicted octanol–water partition coefficient (Wildman–Crippen LogP) is -0.0946. The summed E-state index contributed by atoms with van der Waals surface area (Å²) in [5.74, 6) is -1.36. The fraction of sp³-hybridized carbons (Fsp3) is 0.143. The van der Waals surface area contributed by atoms with Crippen LogP contribution < -0.4 is 9.83 Å². The van der Waals surface area contributed by atoms with Crippen molar-refractivity contribution in [2.45, 2.75) is 19.0 Å². The van der Waals surface area contributed by atoms with Gasteiger partial charge >= 0.3 is 0 Å². The first-order valence-corrected chi connectivity index (χ1v) is 8.30. The second-order valence-electron chi connectivity index (χ2n) is 5.08. The van der Waals surface area contributed by atoms with Crippen molar-refractivity contribution in [3.05, 3.63) is 47.3 Å². The third kappa shape index (κ3) is 2.67. The zero-order valence-electron chi connectivity index (χ0n) is 12.7. The Morgan fingerprint density at radius 3 is 2.67 bits per heavy atom. The van der Waals surface area contributed by atoms with E-state index in [1.54, 1.807) is 26.0 Å². The van der Waals surface area contributed by atoms with Gasteiger partial charge in [0.2, 0.25) is 0 Å². The Hall–Kier alpha value is -3.01. The summed E-state index contributed by atoms with van der Waals surface area (Å²) >= 11 is 0. The molecule has 2 heterocycles. The number of rotatable bonds is 4. The third-order valence-electron chi connectivity index (χ3n) is 3.38. The van der Waals surface area contributed by atoms with Crippen LogP contribution in [0, 0.1) is 13.8 Å². The Morgan fingerprint density at radius 2 is 2.00 bits per heavy atom. The van der Waals surface area contributed by atoms with E-state index in [2.05, 4.69) is 19.8 Å². The maximum absolute atomic E-state index is 12.5. The topological polar surface area (TPSA) is 129 Å². The number of fused-ring (bicyclic) bond motifs is 1. The molecule has 0 amide bonds. The average molecular weight is 346 g/mol. The number of benzene rings is 1. The van der Waals surface area contributed by atoms with Gasteiger partial charge in [0, 0.05) is 17.5 Å². The van der Waals surface area contributed by atoms with E-state index in [1.807, 2.05) is 0 Å². The standard InChI is InChI=1S/C14H13N5O4S/c1-8-4-3-5-10(12(20)21)11(8)18-24(22,23)14-16-13-15-7-6-9(2)19(13)17-14/h3-7,18H,1-2H3,(H,20,21)/p-1. The summed E-state index contributed by atoms with van der Waals surface area (Å²) < 4.78 is 28.5. The van der Waals surface area contributed by atoms with Crippen LogP contribution in [0.2, 0.25) is 0 Å². The maximum Gasteiger partial charge on any atom is 0.299 e. The molecular formula is C14H12N5O4S-. The average Bonchev–Trinajstić information content (AvgIpc) is 2.95. The molecule has 124 valence electrons. The summed E-state index contributed by atoms with van der Waals surface area (Å²) in [6, 6.07) is 5.98. The Labute approximate surface area is 137 Å². The molecule has 24 heavy (non-hydrogen) atoms. The predicted molar refractivity (Wildman–Crippen MR) is 81.8 cm³/mol. The zero-order valence-corrected chi connectivity index (χ0v) is 13.5. The minimum absolute atomic E-state index is 0.0824. The lowest BCUT2D eigenvalue weighted by Crippen LogP contribution is -2.25. The normalized spacial score (nSPS) is 11.6. The van der Waals surface area contributed by atoms with E-state index in [0.29, 0.717) is 11.3 Å². The van der Waals surface area contributed by atoms with E-state index in [4.69, 9.17) is 0 Å². The Kier molecular flexibility index (Phi) is 3.68. The molecule has 0 fully saturated rings. The highest BCUT2D eigenvalue weighted by Gasteiger charge is 2.23. The molecule has 0 spiro atoms. The van der Waals surface area contributed by atoms with Crippen molar-refractivity contribution < 1.29 is 18.3 Å². The number of carbonyl (C=O) groups excluding carboxylic acids is 1. The van der Waals surface area contributed by atoms with Crippen molar-refractivity contribution in [3.8, 4) is 0 Å². The van der Waals surface area contributed by atoms with E-state index in [0.717, 1.165) is 0 Å². The highest BCUT2D eigenvalue weighted by atomic mass is 32.2. The van der Waals surface area contributed by atoms with Gasteiger partial charge < -0.3 is 9.90 Å². The number of nitrogens with one attached hydrogen (secondary N) is 1. The molecule has 0 unspecified atom stereocenters. The minimum atomic E-state index is -4.19. The van der Waals surface area contributed by atoms with Crippen LogP contribution in [0.5, 0.6) is 0 Å². The van der Waals surface area contributed by atoms with E-state index < -0.39 is 21.1 Å². The van der Waals surface area contributed by atoms with Gasteiger partial charge in [0.05, 0.1) is 11.7 Å². The summed E-state index contributed by atoms with van der Waals surface area (Å²) in [6.45, 7) is 3.30. The Bertz CT molecular complexity index is 1060. The molecular weight excluding hydrogens is 334 g/mol. The number of hydrogen-bond donors (Lipinski definition) is 1. The Morgan fingerprint density at radius 1 is 1.25 bits per heavy atom. The highest BCUT2D eigenvalue weighted by Crippen LogP contribution is 2.23. The molecule has 0 aliphatic rings. The van der Waals surface area contributed by atoms with Crippen LogP contribution in [0.4, 0.5) is 5.69 Å². The molecule has 0 saturated heterocycles. The molecule has 0 radical (unpaired) electrons. The summed E-state index contributed by atoms with van der Waals surface area (Å²) in [4.78, 5) is 19.0. The smallest absolute Gasteiger partial charge is 0.299 e. The van der Waals surface area contributed by atoms with Crippen molar-refractivity contribution in [2.24, 2.45) is 0 Å². The molecule has 3 rings (SSSR count). The zero-order chi connectivity index (χ0) is 17.5. The number of anilines is 1. The van der Waals surface area contributed by atoms with Crippen LogP contribution in [0.1, 0.15) is 21.6 Å². The number of sulfonamides is 1. The molecule has 3 aromatic rings.